The Bertz CT molecular complexity index is 1050. The fourth-order valence-corrected chi connectivity index (χ4v) is 4.54. The van der Waals surface area contributed by atoms with Crippen molar-refractivity contribution in [3.63, 3.8) is 0 Å². The number of carboxylic acids is 1. The molecule has 3 rings (SSSR count). The van der Waals surface area contributed by atoms with Crippen molar-refractivity contribution in [1.82, 2.24) is 9.88 Å². The van der Waals surface area contributed by atoms with E-state index in [2.05, 4.69) is 17.6 Å². The molecule has 0 aliphatic carbocycles. The van der Waals surface area contributed by atoms with Crippen molar-refractivity contribution in [2.75, 3.05) is 11.2 Å². The molecule has 7 nitrogen and oxygen atoms in total. The highest BCUT2D eigenvalue weighted by atomic mass is 32.2. The Hall–Kier alpha value is -2.61. The van der Waals surface area contributed by atoms with Crippen LogP contribution >= 0.6 is 24.4 Å². The first-order valence-corrected chi connectivity index (χ1v) is 10.6. The number of nitrogens with zero attached hydrogens (tertiary/aromatic N) is 4. The molecule has 0 spiro atoms. The summed E-state index contributed by atoms with van der Waals surface area (Å²) in [7, 11) is 0. The van der Waals surface area contributed by atoms with E-state index in [1.54, 1.807) is 31.1 Å². The lowest BCUT2D eigenvalue weighted by Gasteiger charge is -2.31. The van der Waals surface area contributed by atoms with Gasteiger partial charge in [-0.3, -0.25) is 14.6 Å². The smallest absolute Gasteiger partial charge is 0.354 e. The predicted molar refractivity (Wildman–Crippen MR) is 114 cm³/mol. The van der Waals surface area contributed by atoms with Crippen LogP contribution in [0, 0.1) is 17.1 Å². The molecule has 1 saturated heterocycles. The van der Waals surface area contributed by atoms with Crippen LogP contribution in [0.4, 0.5) is 10.1 Å². The SMILES string of the molecule is CSc1c(C#N)ccc(N2C(=O)C(C)(C)N(Cc3ccc(C(=O)O)nc3)C2S)c1F. The van der Waals surface area contributed by atoms with Gasteiger partial charge < -0.3 is 5.11 Å². The summed E-state index contributed by atoms with van der Waals surface area (Å²) < 4.78 is 15.2. The van der Waals surface area contributed by atoms with Gasteiger partial charge in [-0.1, -0.05) is 6.07 Å². The topological polar surface area (TPSA) is 97.5 Å². The van der Waals surface area contributed by atoms with Crippen LogP contribution in [0.15, 0.2) is 35.4 Å². The van der Waals surface area contributed by atoms with Crippen molar-refractivity contribution in [1.29, 1.82) is 5.26 Å². The molecule has 1 N–H and O–H groups in total. The van der Waals surface area contributed by atoms with Crippen LogP contribution < -0.4 is 4.90 Å². The number of amides is 1. The van der Waals surface area contributed by atoms with E-state index in [1.165, 1.54) is 29.3 Å². The van der Waals surface area contributed by atoms with Gasteiger partial charge in [0.05, 0.1) is 21.7 Å². The van der Waals surface area contributed by atoms with Gasteiger partial charge in [-0.05, 0) is 43.9 Å². The number of carboxylic acid groups (broad SMARTS) is 1. The number of pyridine rings is 1. The number of halogens is 1. The minimum absolute atomic E-state index is 0.0540. The summed E-state index contributed by atoms with van der Waals surface area (Å²) in [6.45, 7) is 3.69. The van der Waals surface area contributed by atoms with Crippen LogP contribution in [0.25, 0.3) is 0 Å². The van der Waals surface area contributed by atoms with E-state index in [4.69, 9.17) is 5.11 Å². The van der Waals surface area contributed by atoms with E-state index >= 15 is 4.39 Å². The lowest BCUT2D eigenvalue weighted by Crippen LogP contribution is -2.44. The Kier molecular flexibility index (Phi) is 6.08. The zero-order valence-electron chi connectivity index (χ0n) is 16.5. The van der Waals surface area contributed by atoms with Gasteiger partial charge in [-0.25, -0.2) is 14.2 Å². The highest BCUT2D eigenvalue weighted by molar-refractivity contribution is 7.98. The van der Waals surface area contributed by atoms with Crippen LogP contribution in [0.1, 0.15) is 35.5 Å². The summed E-state index contributed by atoms with van der Waals surface area (Å²) in [5.41, 5.74) is -0.915. The highest BCUT2D eigenvalue weighted by Crippen LogP contribution is 2.40. The van der Waals surface area contributed by atoms with Crippen LogP contribution in [0.3, 0.4) is 0 Å². The van der Waals surface area contributed by atoms with Crippen molar-refractivity contribution >= 4 is 42.0 Å². The Balaban J connectivity index is 1.97. The van der Waals surface area contributed by atoms with E-state index < -0.39 is 22.8 Å². The van der Waals surface area contributed by atoms with Crippen molar-refractivity contribution < 1.29 is 19.1 Å². The molecule has 1 fully saturated rings. The number of anilines is 1. The van der Waals surface area contributed by atoms with E-state index in [-0.39, 0.29) is 34.3 Å². The highest BCUT2D eigenvalue weighted by Gasteiger charge is 2.51. The lowest BCUT2D eigenvalue weighted by molar-refractivity contribution is -0.123. The average molecular weight is 447 g/mol. The molecule has 1 aliphatic heterocycles. The third-order valence-corrected chi connectivity index (χ3v) is 6.34. The third kappa shape index (κ3) is 3.64. The normalized spacial score (nSPS) is 18.5. The summed E-state index contributed by atoms with van der Waals surface area (Å²) in [6.07, 6.45) is 3.10. The number of carbonyl (C=O) groups is 2. The standard InChI is InChI=1S/C20H19FN4O3S2/c1-20(2)18(28)25(14-7-5-12(8-22)16(30-3)15(14)21)19(29)24(20)10-11-4-6-13(17(26)27)23-9-11/h4-7,9,19,29H,10H2,1-3H3,(H,26,27). The van der Waals surface area contributed by atoms with E-state index in [1.807, 2.05) is 6.07 Å². The minimum atomic E-state index is -1.13. The molecule has 1 unspecified atom stereocenters. The number of hydrogen-bond donors (Lipinski definition) is 2. The Morgan fingerprint density at radius 1 is 1.40 bits per heavy atom. The second kappa shape index (κ2) is 8.26. The molecule has 1 atom stereocenters. The molecule has 156 valence electrons. The first kappa shape index (κ1) is 22.1. The lowest BCUT2D eigenvalue weighted by atomic mass is 10.0. The number of thioether (sulfide) groups is 1. The van der Waals surface area contributed by atoms with E-state index in [9.17, 15) is 14.9 Å². The van der Waals surface area contributed by atoms with Gasteiger partial charge >= 0.3 is 5.97 Å². The fourth-order valence-electron chi connectivity index (χ4n) is 3.32. The number of thiol groups is 1. The second-order valence-electron chi connectivity index (χ2n) is 7.16. The Morgan fingerprint density at radius 3 is 2.63 bits per heavy atom. The maximum atomic E-state index is 15.2. The molecule has 1 amide bonds. The summed E-state index contributed by atoms with van der Waals surface area (Å²) in [4.78, 5) is 31.3. The second-order valence-corrected chi connectivity index (χ2v) is 8.43. The van der Waals surface area contributed by atoms with Gasteiger partial charge in [-0.15, -0.1) is 24.4 Å². The van der Waals surface area contributed by atoms with Crippen LogP contribution in [0.2, 0.25) is 0 Å². The molecule has 10 heteroatoms. The molecule has 0 saturated carbocycles. The maximum Gasteiger partial charge on any atom is 0.354 e. The van der Waals surface area contributed by atoms with Gasteiger partial charge in [0.2, 0.25) is 5.91 Å². The molecule has 0 radical (unpaired) electrons. The fraction of sp³-hybridized carbons (Fsp3) is 0.300. The van der Waals surface area contributed by atoms with Crippen LogP contribution in [-0.4, -0.2) is 44.2 Å². The average Bonchev–Trinajstić information content (AvgIpc) is 2.88. The molecule has 1 aromatic heterocycles. The number of nitriles is 1. The van der Waals surface area contributed by atoms with Gasteiger partial charge in [0.1, 0.15) is 17.3 Å². The molecular weight excluding hydrogens is 427 g/mol. The van der Waals surface area contributed by atoms with Gasteiger partial charge in [-0.2, -0.15) is 5.26 Å². The molecule has 1 aromatic carbocycles. The summed E-state index contributed by atoms with van der Waals surface area (Å²) in [5.74, 6) is -2.11. The van der Waals surface area contributed by atoms with Crippen LogP contribution in [0.5, 0.6) is 0 Å². The molecule has 2 heterocycles. The largest absolute Gasteiger partial charge is 0.477 e. The van der Waals surface area contributed by atoms with Crippen molar-refractivity contribution in [3.05, 3.63) is 53.1 Å². The van der Waals surface area contributed by atoms with Crippen LogP contribution in [-0.2, 0) is 11.3 Å². The zero-order valence-corrected chi connectivity index (χ0v) is 18.2. The molecule has 1 aliphatic rings. The summed E-state index contributed by atoms with van der Waals surface area (Å²) in [5, 5.41) is 18.2. The number of hydrogen-bond acceptors (Lipinski definition) is 7. The van der Waals surface area contributed by atoms with E-state index in [0.717, 1.165) is 11.8 Å². The van der Waals surface area contributed by atoms with Crippen molar-refractivity contribution in [2.45, 2.75) is 36.3 Å². The Labute approximate surface area is 182 Å². The third-order valence-electron chi connectivity index (χ3n) is 5.03. The predicted octanol–water partition coefficient (Wildman–Crippen LogP) is 3.35. The van der Waals surface area contributed by atoms with Crippen molar-refractivity contribution in [2.24, 2.45) is 0 Å². The first-order chi connectivity index (χ1) is 14.1. The van der Waals surface area contributed by atoms with Gasteiger partial charge in [0.25, 0.3) is 0 Å². The monoisotopic (exact) mass is 446 g/mol. The number of aromatic carboxylic acids is 1. The molecule has 0 bridgehead atoms. The summed E-state index contributed by atoms with van der Waals surface area (Å²) in [6, 6.07) is 7.86. The van der Waals surface area contributed by atoms with Gasteiger partial charge in [0, 0.05) is 12.7 Å². The number of aromatic nitrogens is 1. The summed E-state index contributed by atoms with van der Waals surface area (Å²) >= 11 is 5.69. The maximum absolute atomic E-state index is 15.2. The van der Waals surface area contributed by atoms with Gasteiger partial charge in [0.15, 0.2) is 5.82 Å². The Morgan fingerprint density at radius 2 is 2.10 bits per heavy atom. The molecule has 30 heavy (non-hydrogen) atoms. The molecular formula is C20H19FN4O3S2. The first-order valence-electron chi connectivity index (χ1n) is 8.86. The minimum Gasteiger partial charge on any atom is -0.477 e. The number of rotatable bonds is 5. The molecule has 2 aromatic rings. The number of benzene rings is 1. The van der Waals surface area contributed by atoms with E-state index in [0.29, 0.717) is 5.56 Å². The number of carbonyl (C=O) groups excluding carboxylic acids is 1. The van der Waals surface area contributed by atoms with Crippen molar-refractivity contribution in [3.8, 4) is 6.07 Å². The zero-order chi connectivity index (χ0) is 22.2. The quantitative estimate of drug-likeness (QED) is 0.537.